The third-order valence-corrected chi connectivity index (χ3v) is 13.1. The summed E-state index contributed by atoms with van der Waals surface area (Å²) in [5, 5.41) is 7.12. The van der Waals surface area contributed by atoms with Crippen molar-refractivity contribution in [3.63, 3.8) is 0 Å². The second-order valence-corrected chi connectivity index (χ2v) is 15.9. The molecule has 274 valence electrons. The van der Waals surface area contributed by atoms with E-state index in [1.54, 1.807) is 0 Å². The van der Waals surface area contributed by atoms with E-state index >= 15 is 0 Å². The molecular weight excluding hydrogens is 715 g/mol. The number of nitrogens with zero attached hydrogens (tertiary/aromatic N) is 1. The van der Waals surface area contributed by atoms with Gasteiger partial charge in [-0.25, -0.2) is 0 Å². The molecule has 1 aromatic heterocycles. The summed E-state index contributed by atoms with van der Waals surface area (Å²) in [7, 11) is 0. The Morgan fingerprint density at radius 2 is 0.898 bits per heavy atom. The van der Waals surface area contributed by atoms with Gasteiger partial charge < -0.3 is 9.30 Å². The number of fused-ring (bicyclic) bond motifs is 16. The maximum atomic E-state index is 7.16. The Morgan fingerprint density at radius 1 is 0.339 bits per heavy atom. The molecule has 2 nitrogen and oxygen atoms in total. The molecule has 0 radical (unpaired) electrons. The minimum atomic E-state index is -0.576. The van der Waals surface area contributed by atoms with Crippen LogP contribution in [0.2, 0.25) is 0 Å². The molecule has 0 bridgehead atoms. The first kappa shape index (κ1) is 32.4. The van der Waals surface area contributed by atoms with Crippen molar-refractivity contribution in [3.05, 3.63) is 235 Å². The number of hydrogen-bond acceptors (Lipinski definition) is 1. The Kier molecular flexibility index (Phi) is 6.68. The van der Waals surface area contributed by atoms with Gasteiger partial charge in [-0.3, -0.25) is 0 Å². The lowest BCUT2D eigenvalue weighted by Crippen LogP contribution is -2.32. The number of aromatic nitrogens is 1. The van der Waals surface area contributed by atoms with Crippen molar-refractivity contribution in [1.29, 1.82) is 0 Å². The maximum absolute atomic E-state index is 7.16. The molecule has 1 aliphatic carbocycles. The summed E-state index contributed by atoms with van der Waals surface area (Å²) in [5.74, 6) is 1.88. The standard InChI is InChI=1S/C57H35NO/c1-2-15-41(16-3-1)58-52-24-11-9-19-45(52)47-35-40(31-34-53(47)58)36-25-27-39(28-26-36)42-21-12-23-49-54(42)46-20-8-10-22-48(46)57(49)50-32-29-37-13-4-6-17-43(37)55(50)59-56-44-18-7-5-14-38(44)30-33-51(56)57/h1-35H. The van der Waals surface area contributed by atoms with Crippen LogP contribution in [0.25, 0.3) is 82.4 Å². The molecular formula is C57H35NO. The van der Waals surface area contributed by atoms with Crippen molar-refractivity contribution in [3.8, 4) is 50.6 Å². The lowest BCUT2D eigenvalue weighted by Gasteiger charge is -2.40. The first-order valence-electron chi connectivity index (χ1n) is 20.4. The zero-order chi connectivity index (χ0) is 38.7. The SMILES string of the molecule is c1ccc(-n2c3ccccc3c3cc(-c4ccc(-c5cccc6c5-c5ccccc5C65c6ccc7ccccc7c6Oc6c5ccc5ccccc65)cc4)ccc32)cc1. The van der Waals surface area contributed by atoms with Crippen LogP contribution in [-0.2, 0) is 5.41 Å². The van der Waals surface area contributed by atoms with Crippen LogP contribution in [0.3, 0.4) is 0 Å². The summed E-state index contributed by atoms with van der Waals surface area (Å²) >= 11 is 0. The molecule has 0 fully saturated rings. The molecule has 0 unspecified atom stereocenters. The monoisotopic (exact) mass is 749 g/mol. The lowest BCUT2D eigenvalue weighted by atomic mass is 9.65. The molecule has 10 aromatic carbocycles. The molecule has 1 spiro atoms. The average Bonchev–Trinajstić information content (AvgIpc) is 3.80. The maximum Gasteiger partial charge on any atom is 0.140 e. The van der Waals surface area contributed by atoms with Gasteiger partial charge in [0.25, 0.3) is 0 Å². The van der Waals surface area contributed by atoms with Crippen LogP contribution in [0.4, 0.5) is 0 Å². The molecule has 59 heavy (non-hydrogen) atoms. The number of rotatable bonds is 3. The number of ether oxygens (including phenoxy) is 1. The fraction of sp³-hybridized carbons (Fsp3) is 0.0175. The van der Waals surface area contributed by atoms with Crippen LogP contribution in [0.15, 0.2) is 212 Å². The quantitative estimate of drug-likeness (QED) is 0.175. The number of benzene rings is 10. The molecule has 2 heterocycles. The predicted molar refractivity (Wildman–Crippen MR) is 244 cm³/mol. The molecule has 0 saturated heterocycles. The van der Waals surface area contributed by atoms with Crippen LogP contribution >= 0.6 is 0 Å². The number of para-hydroxylation sites is 2. The summed E-state index contributed by atoms with van der Waals surface area (Å²) in [6.45, 7) is 0. The van der Waals surface area contributed by atoms with E-state index in [2.05, 4.69) is 217 Å². The van der Waals surface area contributed by atoms with Crippen LogP contribution in [-0.4, -0.2) is 4.57 Å². The van der Waals surface area contributed by atoms with Gasteiger partial charge >= 0.3 is 0 Å². The van der Waals surface area contributed by atoms with E-state index in [0.717, 1.165) is 22.3 Å². The second kappa shape index (κ2) is 12.2. The summed E-state index contributed by atoms with van der Waals surface area (Å²) in [6, 6.07) is 77.9. The van der Waals surface area contributed by atoms with Crippen molar-refractivity contribution in [2.45, 2.75) is 5.41 Å². The Hall–Kier alpha value is -7.68. The van der Waals surface area contributed by atoms with E-state index in [9.17, 15) is 0 Å². The van der Waals surface area contributed by atoms with Gasteiger partial charge in [0.15, 0.2) is 0 Å². The van der Waals surface area contributed by atoms with Crippen molar-refractivity contribution in [2.24, 2.45) is 0 Å². The normalized spacial score (nSPS) is 13.4. The Labute approximate surface area is 341 Å². The molecule has 0 amide bonds. The van der Waals surface area contributed by atoms with Gasteiger partial charge in [0.1, 0.15) is 11.5 Å². The van der Waals surface area contributed by atoms with Gasteiger partial charge in [0, 0.05) is 38.4 Å². The van der Waals surface area contributed by atoms with Gasteiger partial charge in [-0.05, 0) is 85.6 Å². The molecule has 0 N–H and O–H groups in total. The molecule has 1 aliphatic heterocycles. The van der Waals surface area contributed by atoms with Gasteiger partial charge in [0.2, 0.25) is 0 Å². The highest BCUT2D eigenvalue weighted by Gasteiger charge is 2.52. The first-order valence-corrected chi connectivity index (χ1v) is 20.4. The fourth-order valence-corrected chi connectivity index (χ4v) is 10.5. The summed E-state index contributed by atoms with van der Waals surface area (Å²) in [4.78, 5) is 0. The highest BCUT2D eigenvalue weighted by molar-refractivity contribution is 6.10. The zero-order valence-electron chi connectivity index (χ0n) is 32.1. The highest BCUT2D eigenvalue weighted by atomic mass is 16.5. The Morgan fingerprint density at radius 3 is 1.64 bits per heavy atom. The third kappa shape index (κ3) is 4.40. The second-order valence-electron chi connectivity index (χ2n) is 15.9. The van der Waals surface area contributed by atoms with Crippen molar-refractivity contribution < 1.29 is 4.74 Å². The van der Waals surface area contributed by atoms with Gasteiger partial charge in [0.05, 0.1) is 16.4 Å². The van der Waals surface area contributed by atoms with Crippen molar-refractivity contribution in [2.75, 3.05) is 0 Å². The molecule has 11 aromatic rings. The van der Waals surface area contributed by atoms with Gasteiger partial charge in [-0.2, -0.15) is 0 Å². The molecule has 2 heteroatoms. The van der Waals surface area contributed by atoms with Crippen LogP contribution in [0.1, 0.15) is 22.3 Å². The van der Waals surface area contributed by atoms with E-state index < -0.39 is 5.41 Å². The molecule has 0 atom stereocenters. The fourth-order valence-electron chi connectivity index (χ4n) is 10.5. The Bertz CT molecular complexity index is 3430. The third-order valence-electron chi connectivity index (χ3n) is 13.1. The van der Waals surface area contributed by atoms with Crippen molar-refractivity contribution >= 4 is 43.4 Å². The van der Waals surface area contributed by atoms with Crippen LogP contribution in [0, 0.1) is 0 Å². The van der Waals surface area contributed by atoms with E-state index in [0.29, 0.717) is 0 Å². The van der Waals surface area contributed by atoms with Crippen LogP contribution in [0.5, 0.6) is 11.5 Å². The predicted octanol–water partition coefficient (Wildman–Crippen LogP) is 14.9. The van der Waals surface area contributed by atoms with E-state index in [1.165, 1.54) is 93.9 Å². The van der Waals surface area contributed by atoms with E-state index in [-0.39, 0.29) is 0 Å². The smallest absolute Gasteiger partial charge is 0.140 e. The van der Waals surface area contributed by atoms with Crippen molar-refractivity contribution in [1.82, 2.24) is 4.57 Å². The van der Waals surface area contributed by atoms with Gasteiger partial charge in [-0.1, -0.05) is 182 Å². The molecule has 2 aliphatic rings. The first-order chi connectivity index (χ1) is 29.3. The topological polar surface area (TPSA) is 14.2 Å². The molecule has 13 rings (SSSR count). The largest absolute Gasteiger partial charge is 0.455 e. The minimum absolute atomic E-state index is 0.576. The van der Waals surface area contributed by atoms with Gasteiger partial charge in [-0.15, -0.1) is 0 Å². The molecule has 0 saturated carbocycles. The van der Waals surface area contributed by atoms with E-state index in [1.807, 2.05) is 0 Å². The highest BCUT2D eigenvalue weighted by Crippen LogP contribution is 2.65. The zero-order valence-corrected chi connectivity index (χ0v) is 32.1. The Balaban J connectivity index is 1.00. The summed E-state index contributed by atoms with van der Waals surface area (Å²) in [5.41, 5.74) is 15.3. The van der Waals surface area contributed by atoms with Crippen LogP contribution < -0.4 is 4.74 Å². The lowest BCUT2D eigenvalue weighted by molar-refractivity contribution is 0.447. The van der Waals surface area contributed by atoms with E-state index in [4.69, 9.17) is 4.74 Å². The minimum Gasteiger partial charge on any atom is -0.455 e. The summed E-state index contributed by atoms with van der Waals surface area (Å²) < 4.78 is 9.54. The summed E-state index contributed by atoms with van der Waals surface area (Å²) in [6.07, 6.45) is 0. The average molecular weight is 750 g/mol. The number of hydrogen-bond donors (Lipinski definition) is 0.